The molecule has 0 unspecified atom stereocenters. The number of aromatic nitrogens is 3. The molecule has 1 amide bonds. The summed E-state index contributed by atoms with van der Waals surface area (Å²) < 4.78 is 5.24. The second kappa shape index (κ2) is 8.02. The first-order valence-corrected chi connectivity index (χ1v) is 8.99. The molecule has 130 valence electrons. The van der Waals surface area contributed by atoms with Crippen molar-refractivity contribution in [3.63, 3.8) is 0 Å². The minimum absolute atomic E-state index is 0.0195. The van der Waals surface area contributed by atoms with E-state index in [0.717, 1.165) is 33.0 Å². The summed E-state index contributed by atoms with van der Waals surface area (Å²) in [5, 5.41) is 12.5. The van der Waals surface area contributed by atoms with Gasteiger partial charge in [-0.15, -0.1) is 0 Å². The minimum atomic E-state index is -0.207. The molecule has 1 atom stereocenters. The number of hydrogen-bond donors (Lipinski definition) is 2. The van der Waals surface area contributed by atoms with Crippen LogP contribution in [0.4, 0.5) is 0 Å². The molecule has 0 bridgehead atoms. The fourth-order valence-electron chi connectivity index (χ4n) is 2.53. The predicted molar refractivity (Wildman–Crippen MR) is 99.0 cm³/mol. The van der Waals surface area contributed by atoms with Crippen molar-refractivity contribution in [3.05, 3.63) is 48.3 Å². The van der Waals surface area contributed by atoms with Crippen LogP contribution in [0.5, 0.6) is 5.75 Å². The number of methoxy groups -OCH3 is 1. The molecule has 25 heavy (non-hydrogen) atoms. The molecular formula is C18H20N4O2S. The van der Waals surface area contributed by atoms with E-state index in [4.69, 9.17) is 4.74 Å². The summed E-state index contributed by atoms with van der Waals surface area (Å²) >= 11 is 1.53. The summed E-state index contributed by atoms with van der Waals surface area (Å²) in [5.41, 5.74) is 0.998. The van der Waals surface area contributed by atoms with Gasteiger partial charge in [0, 0.05) is 12.3 Å². The number of H-pyrrole nitrogens is 1. The van der Waals surface area contributed by atoms with Gasteiger partial charge in [-0.2, -0.15) is 5.10 Å². The molecule has 0 aliphatic rings. The molecule has 0 saturated carbocycles. The van der Waals surface area contributed by atoms with Crippen molar-refractivity contribution in [1.29, 1.82) is 0 Å². The number of carbonyl (C=O) groups excluding carboxylic acids is 1. The Bertz CT molecular complexity index is 851. The Hall–Kier alpha value is -2.54. The number of rotatable bonds is 7. The van der Waals surface area contributed by atoms with Gasteiger partial charge >= 0.3 is 0 Å². The van der Waals surface area contributed by atoms with Crippen molar-refractivity contribution in [3.8, 4) is 5.75 Å². The highest BCUT2D eigenvalue weighted by Crippen LogP contribution is 2.25. The summed E-state index contributed by atoms with van der Waals surface area (Å²) in [6, 6.07) is 12.0. The fraction of sp³-hybridized carbons (Fsp3) is 0.278. The van der Waals surface area contributed by atoms with E-state index >= 15 is 0 Å². The average Bonchev–Trinajstić information content (AvgIpc) is 3.17. The molecule has 1 aromatic heterocycles. The van der Waals surface area contributed by atoms with Gasteiger partial charge in [0.05, 0.1) is 13.0 Å². The van der Waals surface area contributed by atoms with Crippen LogP contribution in [0.15, 0.2) is 47.9 Å². The number of benzene rings is 2. The number of nitrogens with one attached hydrogen (secondary N) is 2. The van der Waals surface area contributed by atoms with Crippen molar-refractivity contribution in [1.82, 2.24) is 20.5 Å². The molecule has 7 heteroatoms. The molecule has 1 heterocycles. The van der Waals surface area contributed by atoms with E-state index in [2.05, 4.69) is 26.6 Å². The lowest BCUT2D eigenvalue weighted by Crippen LogP contribution is -2.29. The molecule has 0 saturated heterocycles. The Labute approximate surface area is 150 Å². The number of hydrogen-bond acceptors (Lipinski definition) is 5. The van der Waals surface area contributed by atoms with Crippen molar-refractivity contribution in [2.24, 2.45) is 0 Å². The van der Waals surface area contributed by atoms with E-state index in [-0.39, 0.29) is 11.8 Å². The van der Waals surface area contributed by atoms with Crippen LogP contribution in [-0.2, 0) is 4.79 Å². The lowest BCUT2D eigenvalue weighted by Gasteiger charge is -2.13. The molecule has 0 aliphatic heterocycles. The zero-order chi connectivity index (χ0) is 17.6. The van der Waals surface area contributed by atoms with Gasteiger partial charge < -0.3 is 10.1 Å². The van der Waals surface area contributed by atoms with Crippen LogP contribution < -0.4 is 10.1 Å². The molecule has 3 aromatic rings. The normalized spacial score (nSPS) is 12.1. The Morgan fingerprint density at radius 1 is 1.28 bits per heavy atom. The maximum Gasteiger partial charge on any atom is 0.227 e. The third-order valence-corrected chi connectivity index (χ3v) is 4.88. The third-order valence-electron chi connectivity index (χ3n) is 4.00. The Morgan fingerprint density at radius 3 is 2.84 bits per heavy atom. The highest BCUT2D eigenvalue weighted by atomic mass is 32.2. The molecule has 0 spiro atoms. The number of aromatic amines is 1. The first-order chi connectivity index (χ1) is 12.2. The van der Waals surface area contributed by atoms with Gasteiger partial charge in [0.2, 0.25) is 5.91 Å². The first kappa shape index (κ1) is 17.3. The topological polar surface area (TPSA) is 79.9 Å². The smallest absolute Gasteiger partial charge is 0.227 e. The molecule has 0 radical (unpaired) electrons. The van der Waals surface area contributed by atoms with E-state index in [9.17, 15) is 4.79 Å². The SMILES string of the molecule is COc1ccc2cc([C@H](C)C(=O)NCCSc3ncn[nH]3)ccc2c1. The predicted octanol–water partition coefficient (Wildman–Crippen LogP) is 2.98. The molecule has 3 rings (SSSR count). The number of nitrogens with zero attached hydrogens (tertiary/aromatic N) is 2. The monoisotopic (exact) mass is 356 g/mol. The second-order valence-corrected chi connectivity index (χ2v) is 6.71. The van der Waals surface area contributed by atoms with E-state index in [1.165, 1.54) is 18.1 Å². The number of carbonyl (C=O) groups is 1. The highest BCUT2D eigenvalue weighted by Gasteiger charge is 2.15. The molecular weight excluding hydrogens is 336 g/mol. The summed E-state index contributed by atoms with van der Waals surface area (Å²) in [6.45, 7) is 2.50. The van der Waals surface area contributed by atoms with Gasteiger partial charge in [0.1, 0.15) is 12.1 Å². The van der Waals surface area contributed by atoms with Crippen molar-refractivity contribution < 1.29 is 9.53 Å². The highest BCUT2D eigenvalue weighted by molar-refractivity contribution is 7.99. The zero-order valence-electron chi connectivity index (χ0n) is 14.2. The van der Waals surface area contributed by atoms with Gasteiger partial charge in [-0.3, -0.25) is 9.89 Å². The summed E-state index contributed by atoms with van der Waals surface area (Å²) in [7, 11) is 1.66. The molecule has 0 fully saturated rings. The maximum atomic E-state index is 12.4. The van der Waals surface area contributed by atoms with Crippen LogP contribution in [0.3, 0.4) is 0 Å². The van der Waals surface area contributed by atoms with Crippen molar-refractivity contribution >= 4 is 28.4 Å². The standard InChI is InChI=1S/C18H20N4O2S/c1-12(17(23)19-7-8-25-18-20-11-21-22-18)13-3-4-15-10-16(24-2)6-5-14(15)9-13/h3-6,9-12H,7-8H2,1-2H3,(H,19,23)(H,20,21,22)/t12-/m0/s1. The number of ether oxygens (including phenoxy) is 1. The minimum Gasteiger partial charge on any atom is -0.497 e. The van der Waals surface area contributed by atoms with Crippen molar-refractivity contribution in [2.75, 3.05) is 19.4 Å². The van der Waals surface area contributed by atoms with Crippen LogP contribution in [0, 0.1) is 0 Å². The van der Waals surface area contributed by atoms with Crippen LogP contribution in [-0.4, -0.2) is 40.5 Å². The Balaban J connectivity index is 1.58. The van der Waals surface area contributed by atoms with Gasteiger partial charge in [-0.05, 0) is 35.4 Å². The van der Waals surface area contributed by atoms with Crippen LogP contribution in [0.1, 0.15) is 18.4 Å². The first-order valence-electron chi connectivity index (χ1n) is 8.01. The Kier molecular flexibility index (Phi) is 5.55. The second-order valence-electron chi connectivity index (χ2n) is 5.62. The van der Waals surface area contributed by atoms with Gasteiger partial charge in [0.25, 0.3) is 0 Å². The lowest BCUT2D eigenvalue weighted by molar-refractivity contribution is -0.122. The number of amides is 1. The molecule has 6 nitrogen and oxygen atoms in total. The van der Waals surface area contributed by atoms with E-state index in [0.29, 0.717) is 6.54 Å². The number of thioether (sulfide) groups is 1. The third kappa shape index (κ3) is 4.30. The fourth-order valence-corrected chi connectivity index (χ4v) is 3.17. The molecule has 2 aromatic carbocycles. The summed E-state index contributed by atoms with van der Waals surface area (Å²) in [5.74, 6) is 1.38. The maximum absolute atomic E-state index is 12.4. The largest absolute Gasteiger partial charge is 0.497 e. The van der Waals surface area contributed by atoms with Gasteiger partial charge in [0.15, 0.2) is 5.16 Å². The molecule has 0 aliphatic carbocycles. The van der Waals surface area contributed by atoms with Gasteiger partial charge in [-0.25, -0.2) is 4.98 Å². The zero-order valence-corrected chi connectivity index (χ0v) is 15.0. The lowest BCUT2D eigenvalue weighted by atomic mass is 9.97. The van der Waals surface area contributed by atoms with E-state index < -0.39 is 0 Å². The van der Waals surface area contributed by atoms with Crippen LogP contribution in [0.2, 0.25) is 0 Å². The average molecular weight is 356 g/mol. The number of fused-ring (bicyclic) bond motifs is 1. The quantitative estimate of drug-likeness (QED) is 0.502. The van der Waals surface area contributed by atoms with E-state index in [1.807, 2.05) is 37.3 Å². The van der Waals surface area contributed by atoms with E-state index in [1.54, 1.807) is 7.11 Å². The van der Waals surface area contributed by atoms with Crippen LogP contribution in [0.25, 0.3) is 10.8 Å². The summed E-state index contributed by atoms with van der Waals surface area (Å²) in [6.07, 6.45) is 1.47. The van der Waals surface area contributed by atoms with Gasteiger partial charge in [-0.1, -0.05) is 36.0 Å². The van der Waals surface area contributed by atoms with Crippen LogP contribution >= 0.6 is 11.8 Å². The Morgan fingerprint density at radius 2 is 2.08 bits per heavy atom. The molecule has 2 N–H and O–H groups in total. The van der Waals surface area contributed by atoms with Crippen molar-refractivity contribution in [2.45, 2.75) is 18.0 Å². The summed E-state index contributed by atoms with van der Waals surface area (Å²) in [4.78, 5) is 16.4.